The summed E-state index contributed by atoms with van der Waals surface area (Å²) in [7, 11) is -0.618. The number of benzene rings is 1. The van der Waals surface area contributed by atoms with Crippen LogP contribution in [0.3, 0.4) is 0 Å². The number of nitrogens with zero attached hydrogens (tertiary/aromatic N) is 1. The summed E-state index contributed by atoms with van der Waals surface area (Å²) >= 11 is 2.03. The summed E-state index contributed by atoms with van der Waals surface area (Å²) in [5.41, 5.74) is 1.04. The van der Waals surface area contributed by atoms with Gasteiger partial charge in [-0.05, 0) is 42.0 Å². The largest absolute Gasteiger partial charge is 0.385 e. The smallest absolute Gasteiger partial charge is 0.0721 e. The monoisotopic (exact) mass is 284 g/mol. The highest BCUT2D eigenvalue weighted by molar-refractivity contribution is 7.99. The van der Waals surface area contributed by atoms with Crippen molar-refractivity contribution in [2.75, 3.05) is 36.7 Å². The molecule has 0 bridgehead atoms. The fourth-order valence-corrected chi connectivity index (χ4v) is 4.13. The SMILES string of the molecule is CN=S(C)(=O)c1cccc(NCC2CCSC2)c1. The molecule has 1 aromatic rings. The van der Waals surface area contributed by atoms with Crippen LogP contribution in [0.1, 0.15) is 6.42 Å². The van der Waals surface area contributed by atoms with Crippen LogP contribution in [0.15, 0.2) is 33.5 Å². The molecule has 0 radical (unpaired) electrons. The van der Waals surface area contributed by atoms with E-state index in [1.54, 1.807) is 13.3 Å². The lowest BCUT2D eigenvalue weighted by atomic mass is 10.1. The van der Waals surface area contributed by atoms with Gasteiger partial charge in [-0.2, -0.15) is 11.8 Å². The summed E-state index contributed by atoms with van der Waals surface area (Å²) in [6, 6.07) is 7.80. The predicted octanol–water partition coefficient (Wildman–Crippen LogP) is 2.94. The lowest BCUT2D eigenvalue weighted by Crippen LogP contribution is -2.13. The van der Waals surface area contributed by atoms with E-state index < -0.39 is 9.73 Å². The fourth-order valence-electron chi connectivity index (χ4n) is 1.95. The Labute approximate surface area is 114 Å². The highest BCUT2D eigenvalue weighted by Crippen LogP contribution is 2.24. The molecule has 2 unspecified atom stereocenters. The molecule has 1 fully saturated rings. The fraction of sp³-hybridized carbons (Fsp3) is 0.538. The zero-order valence-electron chi connectivity index (χ0n) is 10.9. The van der Waals surface area contributed by atoms with Crippen molar-refractivity contribution in [1.82, 2.24) is 0 Å². The minimum Gasteiger partial charge on any atom is -0.385 e. The molecule has 18 heavy (non-hydrogen) atoms. The quantitative estimate of drug-likeness (QED) is 0.924. The van der Waals surface area contributed by atoms with Gasteiger partial charge >= 0.3 is 0 Å². The summed E-state index contributed by atoms with van der Waals surface area (Å²) in [6.45, 7) is 1.00. The third-order valence-electron chi connectivity index (χ3n) is 3.24. The highest BCUT2D eigenvalue weighted by atomic mass is 32.2. The molecule has 1 N–H and O–H groups in total. The standard InChI is InChI=1S/C13H20N2OS2/c1-14-18(2,16)13-5-3-4-12(8-13)15-9-11-6-7-17-10-11/h3-5,8,11,15H,6-7,9-10H2,1-2H3. The molecule has 1 aliphatic heterocycles. The Morgan fingerprint density at radius 3 is 3.06 bits per heavy atom. The molecule has 5 heteroatoms. The van der Waals surface area contributed by atoms with Crippen molar-refractivity contribution >= 4 is 27.2 Å². The molecule has 3 nitrogen and oxygen atoms in total. The minimum absolute atomic E-state index is 0.764. The van der Waals surface area contributed by atoms with Crippen LogP contribution in [0.4, 0.5) is 5.69 Å². The van der Waals surface area contributed by atoms with E-state index in [2.05, 4.69) is 9.68 Å². The van der Waals surface area contributed by atoms with Crippen LogP contribution in [0.25, 0.3) is 0 Å². The van der Waals surface area contributed by atoms with Gasteiger partial charge in [0.25, 0.3) is 0 Å². The predicted molar refractivity (Wildman–Crippen MR) is 81.0 cm³/mol. The van der Waals surface area contributed by atoms with Gasteiger partial charge in [-0.15, -0.1) is 0 Å². The summed E-state index contributed by atoms with van der Waals surface area (Å²) in [5.74, 6) is 3.30. The van der Waals surface area contributed by atoms with E-state index in [9.17, 15) is 4.21 Å². The first-order chi connectivity index (χ1) is 8.62. The van der Waals surface area contributed by atoms with Gasteiger partial charge in [-0.25, -0.2) is 8.57 Å². The van der Waals surface area contributed by atoms with E-state index in [0.29, 0.717) is 0 Å². The molecule has 2 rings (SSSR count). The van der Waals surface area contributed by atoms with Crippen molar-refractivity contribution in [2.24, 2.45) is 10.3 Å². The Hall–Kier alpha value is -0.680. The van der Waals surface area contributed by atoms with Gasteiger partial charge in [-0.3, -0.25) is 0 Å². The average molecular weight is 284 g/mol. The van der Waals surface area contributed by atoms with Crippen LogP contribution < -0.4 is 5.32 Å². The zero-order valence-corrected chi connectivity index (χ0v) is 12.5. The normalized spacial score (nSPS) is 22.4. The Bertz CT molecular complexity index is 515. The van der Waals surface area contributed by atoms with Gasteiger partial charge in [0.15, 0.2) is 0 Å². The van der Waals surface area contributed by atoms with Gasteiger partial charge in [0.1, 0.15) is 0 Å². The summed E-state index contributed by atoms with van der Waals surface area (Å²) in [6.07, 6.45) is 2.98. The van der Waals surface area contributed by atoms with E-state index >= 15 is 0 Å². The van der Waals surface area contributed by atoms with Crippen LogP contribution in [-0.2, 0) is 9.73 Å². The lowest BCUT2D eigenvalue weighted by Gasteiger charge is -2.12. The van der Waals surface area contributed by atoms with E-state index in [1.165, 1.54) is 17.9 Å². The third-order valence-corrected chi connectivity index (χ3v) is 6.30. The molecule has 0 aromatic heterocycles. The molecular formula is C13H20N2OS2. The van der Waals surface area contributed by atoms with Gasteiger partial charge in [0.05, 0.1) is 9.73 Å². The number of rotatable bonds is 4. The molecular weight excluding hydrogens is 264 g/mol. The van der Waals surface area contributed by atoms with Crippen molar-refractivity contribution in [3.8, 4) is 0 Å². The number of anilines is 1. The van der Waals surface area contributed by atoms with Crippen molar-refractivity contribution in [1.29, 1.82) is 0 Å². The van der Waals surface area contributed by atoms with Crippen LogP contribution in [0.5, 0.6) is 0 Å². The van der Waals surface area contributed by atoms with E-state index in [4.69, 9.17) is 0 Å². The maximum Gasteiger partial charge on any atom is 0.0721 e. The number of nitrogens with one attached hydrogen (secondary N) is 1. The molecule has 100 valence electrons. The van der Waals surface area contributed by atoms with Crippen LogP contribution in [0, 0.1) is 5.92 Å². The Balaban J connectivity index is 2.05. The second-order valence-corrected chi connectivity index (χ2v) is 8.21. The summed E-state index contributed by atoms with van der Waals surface area (Å²) in [4.78, 5) is 0.802. The number of hydrogen-bond acceptors (Lipinski definition) is 4. The number of thioether (sulfide) groups is 1. The van der Waals surface area contributed by atoms with Crippen LogP contribution >= 0.6 is 11.8 Å². The van der Waals surface area contributed by atoms with Crippen molar-refractivity contribution in [2.45, 2.75) is 11.3 Å². The molecule has 0 saturated carbocycles. The second kappa shape index (κ2) is 5.97. The average Bonchev–Trinajstić information content (AvgIpc) is 2.90. The first kappa shape index (κ1) is 13.7. The van der Waals surface area contributed by atoms with Crippen LogP contribution in [-0.4, -0.2) is 35.6 Å². The first-order valence-corrected chi connectivity index (χ1v) is 9.21. The van der Waals surface area contributed by atoms with Crippen LogP contribution in [0.2, 0.25) is 0 Å². The molecule has 1 aliphatic rings. The molecule has 1 heterocycles. The second-order valence-electron chi connectivity index (χ2n) is 4.62. The Kier molecular flexibility index (Phi) is 4.56. The van der Waals surface area contributed by atoms with E-state index in [-0.39, 0.29) is 0 Å². The van der Waals surface area contributed by atoms with Gasteiger partial charge < -0.3 is 5.32 Å². The van der Waals surface area contributed by atoms with Gasteiger partial charge in [0, 0.05) is 30.4 Å². The topological polar surface area (TPSA) is 41.5 Å². The van der Waals surface area contributed by atoms with E-state index in [1.807, 2.05) is 36.0 Å². The molecule has 0 aliphatic carbocycles. The Morgan fingerprint density at radius 2 is 2.39 bits per heavy atom. The van der Waals surface area contributed by atoms with Crippen molar-refractivity contribution < 1.29 is 4.21 Å². The van der Waals surface area contributed by atoms with Crippen molar-refractivity contribution in [3.63, 3.8) is 0 Å². The molecule has 0 amide bonds. The molecule has 1 aromatic carbocycles. The zero-order chi connectivity index (χ0) is 13.0. The highest BCUT2D eigenvalue weighted by Gasteiger charge is 2.15. The summed E-state index contributed by atoms with van der Waals surface area (Å²) in [5, 5.41) is 3.44. The number of hydrogen-bond donors (Lipinski definition) is 1. The maximum absolute atomic E-state index is 12.2. The molecule has 0 spiro atoms. The third kappa shape index (κ3) is 3.42. The summed E-state index contributed by atoms with van der Waals surface area (Å²) < 4.78 is 16.1. The lowest BCUT2D eigenvalue weighted by molar-refractivity contribution is 0.632. The Morgan fingerprint density at radius 1 is 1.56 bits per heavy atom. The minimum atomic E-state index is -2.23. The molecule has 2 atom stereocenters. The maximum atomic E-state index is 12.2. The first-order valence-electron chi connectivity index (χ1n) is 6.14. The van der Waals surface area contributed by atoms with Gasteiger partial charge in [-0.1, -0.05) is 6.07 Å². The van der Waals surface area contributed by atoms with Crippen molar-refractivity contribution in [3.05, 3.63) is 24.3 Å². The van der Waals surface area contributed by atoms with E-state index in [0.717, 1.165) is 23.0 Å². The van der Waals surface area contributed by atoms with Gasteiger partial charge in [0.2, 0.25) is 0 Å². The molecule has 1 saturated heterocycles.